The molecule has 1 heterocycles. The van der Waals surface area contributed by atoms with E-state index in [1.54, 1.807) is 0 Å². The van der Waals surface area contributed by atoms with Crippen LogP contribution in [0.1, 0.15) is 37.7 Å². The average molecular weight is 295 g/mol. The van der Waals surface area contributed by atoms with Crippen molar-refractivity contribution in [3.05, 3.63) is 35.4 Å². The van der Waals surface area contributed by atoms with E-state index in [2.05, 4.69) is 0 Å². The number of carbonyl (C=O) groups is 1. The van der Waals surface area contributed by atoms with E-state index in [4.69, 9.17) is 0 Å². The van der Waals surface area contributed by atoms with Crippen LogP contribution in [-0.4, -0.2) is 28.1 Å². The van der Waals surface area contributed by atoms with Gasteiger partial charge in [0.05, 0.1) is 0 Å². The summed E-state index contributed by atoms with van der Waals surface area (Å²) in [6, 6.07) is 3.69. The summed E-state index contributed by atoms with van der Waals surface area (Å²) in [5.74, 6) is -2.22. The van der Waals surface area contributed by atoms with Gasteiger partial charge in [0, 0.05) is 18.2 Å². The fourth-order valence-corrected chi connectivity index (χ4v) is 3.89. The third-order valence-electron chi connectivity index (χ3n) is 4.89. The zero-order valence-corrected chi connectivity index (χ0v) is 11.8. The van der Waals surface area contributed by atoms with E-state index in [0.717, 1.165) is 31.7 Å². The molecule has 0 unspecified atom stereocenters. The minimum Gasteiger partial charge on any atom is -0.480 e. The highest BCUT2D eigenvalue weighted by Crippen LogP contribution is 2.40. The molecular formula is C16H19F2NO2. The number of fused-ring (bicyclic) bond motifs is 1. The lowest BCUT2D eigenvalue weighted by atomic mass is 9.84. The van der Waals surface area contributed by atoms with Gasteiger partial charge in [-0.2, -0.15) is 0 Å². The fraction of sp³-hybridized carbons (Fsp3) is 0.562. The van der Waals surface area contributed by atoms with Crippen LogP contribution in [0.4, 0.5) is 8.78 Å². The van der Waals surface area contributed by atoms with Crippen molar-refractivity contribution in [2.24, 2.45) is 5.92 Å². The molecule has 2 fully saturated rings. The minimum absolute atomic E-state index is 0.168. The van der Waals surface area contributed by atoms with Gasteiger partial charge in [0.2, 0.25) is 0 Å². The van der Waals surface area contributed by atoms with Crippen molar-refractivity contribution in [1.29, 1.82) is 0 Å². The van der Waals surface area contributed by atoms with Crippen LogP contribution in [0.25, 0.3) is 0 Å². The first-order valence-corrected chi connectivity index (χ1v) is 7.49. The van der Waals surface area contributed by atoms with E-state index < -0.39 is 23.6 Å². The molecule has 1 saturated carbocycles. The molecule has 1 aromatic rings. The van der Waals surface area contributed by atoms with Crippen LogP contribution >= 0.6 is 0 Å². The SMILES string of the molecule is O=C(O)[C@@H]1C[C@@H]2CCCC[C@H]2N1Cc1cccc(F)c1F. The fourth-order valence-electron chi connectivity index (χ4n) is 3.89. The van der Waals surface area contributed by atoms with Gasteiger partial charge in [0.25, 0.3) is 0 Å². The molecular weight excluding hydrogens is 276 g/mol. The van der Waals surface area contributed by atoms with Crippen LogP contribution in [-0.2, 0) is 11.3 Å². The lowest BCUT2D eigenvalue weighted by molar-refractivity contribution is -0.142. The Labute approximate surface area is 122 Å². The van der Waals surface area contributed by atoms with E-state index >= 15 is 0 Å². The highest BCUT2D eigenvalue weighted by Gasteiger charge is 2.45. The number of carboxylic acid groups (broad SMARTS) is 1. The van der Waals surface area contributed by atoms with Gasteiger partial charge in [-0.05, 0) is 31.2 Å². The lowest BCUT2D eigenvalue weighted by Crippen LogP contribution is -2.41. The minimum atomic E-state index is -0.876. The molecule has 3 nitrogen and oxygen atoms in total. The summed E-state index contributed by atoms with van der Waals surface area (Å²) in [4.78, 5) is 13.4. The van der Waals surface area contributed by atoms with Gasteiger partial charge >= 0.3 is 5.97 Å². The van der Waals surface area contributed by atoms with E-state index in [0.29, 0.717) is 12.3 Å². The van der Waals surface area contributed by atoms with Gasteiger partial charge in [-0.25, -0.2) is 8.78 Å². The van der Waals surface area contributed by atoms with Crippen LogP contribution in [0.15, 0.2) is 18.2 Å². The number of halogens is 2. The first-order valence-electron chi connectivity index (χ1n) is 7.49. The summed E-state index contributed by atoms with van der Waals surface area (Å²) in [6.45, 7) is 0.168. The van der Waals surface area contributed by atoms with E-state index in [1.165, 1.54) is 12.1 Å². The summed E-state index contributed by atoms with van der Waals surface area (Å²) < 4.78 is 27.2. The molecule has 0 radical (unpaired) electrons. The Balaban J connectivity index is 1.86. The summed E-state index contributed by atoms with van der Waals surface area (Å²) in [6.07, 6.45) is 4.82. The maximum atomic E-state index is 13.9. The average Bonchev–Trinajstić information content (AvgIpc) is 2.83. The standard InChI is InChI=1S/C16H19F2NO2/c17-12-6-3-5-11(15(12)18)9-19-13-7-2-1-4-10(13)8-14(19)16(20)21/h3,5-6,10,13-14H,1-2,4,7-9H2,(H,20,21)/t10-,13+,14-/m0/s1. The molecule has 0 aromatic heterocycles. The molecule has 114 valence electrons. The Morgan fingerprint density at radius 2 is 2.05 bits per heavy atom. The van der Waals surface area contributed by atoms with E-state index in [-0.39, 0.29) is 18.2 Å². The monoisotopic (exact) mass is 295 g/mol. The Morgan fingerprint density at radius 1 is 1.29 bits per heavy atom. The molecule has 1 saturated heterocycles. The van der Waals surface area contributed by atoms with Crippen molar-refractivity contribution >= 4 is 5.97 Å². The molecule has 0 amide bonds. The molecule has 3 atom stereocenters. The highest BCUT2D eigenvalue weighted by atomic mass is 19.2. The highest BCUT2D eigenvalue weighted by molar-refractivity contribution is 5.74. The predicted octanol–water partition coefficient (Wildman–Crippen LogP) is 3.18. The van der Waals surface area contributed by atoms with Gasteiger partial charge in [-0.1, -0.05) is 25.0 Å². The molecule has 2 aliphatic rings. The van der Waals surface area contributed by atoms with Gasteiger partial charge in [-0.15, -0.1) is 0 Å². The molecule has 5 heteroatoms. The van der Waals surface area contributed by atoms with Crippen LogP contribution in [0.3, 0.4) is 0 Å². The normalized spacial score (nSPS) is 29.3. The second kappa shape index (κ2) is 5.72. The largest absolute Gasteiger partial charge is 0.480 e. The number of rotatable bonds is 3. The number of likely N-dealkylation sites (tertiary alicyclic amines) is 1. The number of hydrogen-bond acceptors (Lipinski definition) is 2. The first-order chi connectivity index (χ1) is 10.1. The Kier molecular flexibility index (Phi) is 3.93. The van der Waals surface area contributed by atoms with Gasteiger partial charge in [0.15, 0.2) is 11.6 Å². The van der Waals surface area contributed by atoms with Gasteiger partial charge in [0.1, 0.15) is 6.04 Å². The van der Waals surface area contributed by atoms with Crippen molar-refractivity contribution < 1.29 is 18.7 Å². The molecule has 3 rings (SSSR count). The molecule has 1 aromatic carbocycles. The topological polar surface area (TPSA) is 40.5 Å². The molecule has 1 N–H and O–H groups in total. The third-order valence-corrected chi connectivity index (χ3v) is 4.89. The number of hydrogen-bond donors (Lipinski definition) is 1. The Morgan fingerprint density at radius 3 is 2.81 bits per heavy atom. The molecule has 0 bridgehead atoms. The zero-order valence-electron chi connectivity index (χ0n) is 11.8. The van der Waals surface area contributed by atoms with Gasteiger partial charge < -0.3 is 5.11 Å². The van der Waals surface area contributed by atoms with Crippen LogP contribution < -0.4 is 0 Å². The molecule has 1 aliphatic heterocycles. The lowest BCUT2D eigenvalue weighted by Gasteiger charge is -2.33. The molecule has 0 spiro atoms. The van der Waals surface area contributed by atoms with Crippen molar-refractivity contribution in [3.8, 4) is 0 Å². The van der Waals surface area contributed by atoms with Gasteiger partial charge in [-0.3, -0.25) is 9.69 Å². The van der Waals surface area contributed by atoms with E-state index in [1.807, 2.05) is 4.90 Å². The second-order valence-electron chi connectivity index (χ2n) is 6.09. The second-order valence-corrected chi connectivity index (χ2v) is 6.09. The summed E-state index contributed by atoms with van der Waals surface area (Å²) in [5, 5.41) is 9.42. The number of aliphatic carboxylic acids is 1. The van der Waals surface area contributed by atoms with Crippen molar-refractivity contribution in [2.75, 3.05) is 0 Å². The molecule has 21 heavy (non-hydrogen) atoms. The summed E-state index contributed by atoms with van der Waals surface area (Å²) >= 11 is 0. The van der Waals surface area contributed by atoms with Crippen LogP contribution in [0.2, 0.25) is 0 Å². The Bertz CT molecular complexity index is 549. The number of nitrogens with zero attached hydrogens (tertiary/aromatic N) is 1. The predicted molar refractivity (Wildman–Crippen MR) is 73.7 cm³/mol. The Hall–Kier alpha value is -1.49. The first kappa shape index (κ1) is 14.4. The summed E-state index contributed by atoms with van der Waals surface area (Å²) in [7, 11) is 0. The smallest absolute Gasteiger partial charge is 0.320 e. The maximum absolute atomic E-state index is 13.9. The summed E-state index contributed by atoms with van der Waals surface area (Å²) in [5.41, 5.74) is 0.243. The maximum Gasteiger partial charge on any atom is 0.320 e. The number of carboxylic acids is 1. The van der Waals surface area contributed by atoms with Crippen LogP contribution in [0, 0.1) is 17.6 Å². The van der Waals surface area contributed by atoms with Crippen LogP contribution in [0.5, 0.6) is 0 Å². The van der Waals surface area contributed by atoms with Crippen molar-refractivity contribution in [3.63, 3.8) is 0 Å². The zero-order chi connectivity index (χ0) is 15.0. The van der Waals surface area contributed by atoms with E-state index in [9.17, 15) is 18.7 Å². The quantitative estimate of drug-likeness (QED) is 0.931. The van der Waals surface area contributed by atoms with Crippen molar-refractivity contribution in [1.82, 2.24) is 4.90 Å². The van der Waals surface area contributed by atoms with Crippen molar-refractivity contribution in [2.45, 2.75) is 50.7 Å². The third kappa shape index (κ3) is 2.67. The number of benzene rings is 1. The molecule has 1 aliphatic carbocycles.